The minimum Gasteiger partial charge on any atom is -0.396 e. The van der Waals surface area contributed by atoms with Crippen molar-refractivity contribution in [3.8, 4) is 0 Å². The van der Waals surface area contributed by atoms with Gasteiger partial charge in [0.05, 0.1) is 0 Å². The zero-order valence-corrected chi connectivity index (χ0v) is 12.0. The molecule has 0 bridgehead atoms. The molecular weight excluding hydrogens is 224 g/mol. The zero-order chi connectivity index (χ0) is 12.5. The number of fused-ring (bicyclic) bond motifs is 1. The second-order valence-electron chi connectivity index (χ2n) is 5.61. The van der Waals surface area contributed by atoms with E-state index in [9.17, 15) is 5.11 Å². The molecule has 1 aromatic carbocycles. The Balaban J connectivity index is 2.11. The van der Waals surface area contributed by atoms with Crippen LogP contribution < -0.4 is 0 Å². The molecule has 0 radical (unpaired) electrons. The highest BCUT2D eigenvalue weighted by Gasteiger charge is 2.25. The van der Waals surface area contributed by atoms with Gasteiger partial charge in [0.25, 0.3) is 0 Å². The third kappa shape index (κ3) is 2.69. The number of benzene rings is 1. The summed E-state index contributed by atoms with van der Waals surface area (Å²) >= 11 is 0. The first-order chi connectivity index (χ1) is 8.03. The summed E-state index contributed by atoms with van der Waals surface area (Å²) in [6, 6.07) is 6.72. The third-order valence-electron chi connectivity index (χ3n) is 3.84. The Bertz CT molecular complexity index is 435. The SMILES string of the molecule is CCC(O)[Si](C)(C)/C=C/c1ccc2c(c1)CC2. The van der Waals surface area contributed by atoms with Crippen LogP contribution >= 0.6 is 0 Å². The average Bonchev–Trinajstić information content (AvgIpc) is 2.28. The maximum absolute atomic E-state index is 9.98. The summed E-state index contributed by atoms with van der Waals surface area (Å²) in [6.45, 7) is 6.50. The summed E-state index contributed by atoms with van der Waals surface area (Å²) in [5, 5.41) is 9.98. The van der Waals surface area contributed by atoms with Crippen LogP contribution in [0.4, 0.5) is 0 Å². The van der Waals surface area contributed by atoms with Crippen molar-refractivity contribution in [2.24, 2.45) is 0 Å². The van der Waals surface area contributed by atoms with E-state index >= 15 is 0 Å². The van der Waals surface area contributed by atoms with Gasteiger partial charge in [-0.2, -0.15) is 0 Å². The van der Waals surface area contributed by atoms with E-state index in [0.29, 0.717) is 0 Å². The van der Waals surface area contributed by atoms with Gasteiger partial charge < -0.3 is 5.11 Å². The van der Waals surface area contributed by atoms with Gasteiger partial charge in [0.15, 0.2) is 0 Å². The van der Waals surface area contributed by atoms with Crippen LogP contribution in [0.1, 0.15) is 30.0 Å². The molecule has 17 heavy (non-hydrogen) atoms. The number of hydrogen-bond donors (Lipinski definition) is 1. The number of aryl methyl sites for hydroxylation is 2. The van der Waals surface area contributed by atoms with Gasteiger partial charge in [0.2, 0.25) is 0 Å². The molecule has 1 atom stereocenters. The predicted molar refractivity (Wildman–Crippen MR) is 76.7 cm³/mol. The molecule has 1 aliphatic rings. The fourth-order valence-corrected chi connectivity index (χ4v) is 4.16. The van der Waals surface area contributed by atoms with Crippen LogP contribution in [0.25, 0.3) is 6.08 Å². The van der Waals surface area contributed by atoms with Crippen molar-refractivity contribution < 1.29 is 5.11 Å². The lowest BCUT2D eigenvalue weighted by atomic mass is 9.87. The van der Waals surface area contributed by atoms with Gasteiger partial charge in [-0.3, -0.25) is 0 Å². The van der Waals surface area contributed by atoms with Gasteiger partial charge in [-0.1, -0.05) is 50.0 Å². The maximum Gasteiger partial charge on any atom is 0.104 e. The summed E-state index contributed by atoms with van der Waals surface area (Å²) in [7, 11) is -1.63. The van der Waals surface area contributed by atoms with Crippen LogP contribution in [-0.2, 0) is 12.8 Å². The lowest BCUT2D eigenvalue weighted by molar-refractivity contribution is 0.241. The summed E-state index contributed by atoms with van der Waals surface area (Å²) < 4.78 is 0. The van der Waals surface area contributed by atoms with E-state index in [4.69, 9.17) is 0 Å². The van der Waals surface area contributed by atoms with E-state index in [0.717, 1.165) is 6.42 Å². The largest absolute Gasteiger partial charge is 0.396 e. The van der Waals surface area contributed by atoms with Crippen molar-refractivity contribution in [1.82, 2.24) is 0 Å². The number of rotatable bonds is 4. The molecule has 1 unspecified atom stereocenters. The molecule has 0 fully saturated rings. The monoisotopic (exact) mass is 246 g/mol. The molecule has 0 saturated carbocycles. The highest BCUT2D eigenvalue weighted by atomic mass is 28.3. The fourth-order valence-electron chi connectivity index (χ4n) is 2.27. The molecular formula is C15H22OSi. The molecule has 2 rings (SSSR count). The molecule has 0 spiro atoms. The maximum atomic E-state index is 9.98. The van der Waals surface area contributed by atoms with E-state index in [-0.39, 0.29) is 5.73 Å². The molecule has 0 aromatic heterocycles. The van der Waals surface area contributed by atoms with Crippen LogP contribution in [0, 0.1) is 0 Å². The zero-order valence-electron chi connectivity index (χ0n) is 11.0. The van der Waals surface area contributed by atoms with E-state index in [1.807, 2.05) is 0 Å². The topological polar surface area (TPSA) is 20.2 Å². The van der Waals surface area contributed by atoms with Gasteiger partial charge >= 0.3 is 0 Å². The smallest absolute Gasteiger partial charge is 0.104 e. The Morgan fingerprint density at radius 3 is 2.53 bits per heavy atom. The summed E-state index contributed by atoms with van der Waals surface area (Å²) in [4.78, 5) is 0. The molecule has 0 saturated heterocycles. The van der Waals surface area contributed by atoms with Crippen molar-refractivity contribution in [2.45, 2.75) is 45.0 Å². The molecule has 1 aromatic rings. The minimum absolute atomic E-state index is 0.134. The first-order valence-corrected chi connectivity index (χ1v) is 9.67. The normalized spacial score (nSPS) is 16.7. The van der Waals surface area contributed by atoms with Gasteiger partial charge in [0.1, 0.15) is 8.07 Å². The number of hydrogen-bond acceptors (Lipinski definition) is 1. The van der Waals surface area contributed by atoms with E-state index in [1.165, 1.54) is 29.5 Å². The number of aliphatic hydroxyl groups excluding tert-OH is 1. The van der Waals surface area contributed by atoms with E-state index in [2.05, 4.69) is 50.0 Å². The minimum atomic E-state index is -1.63. The molecule has 92 valence electrons. The van der Waals surface area contributed by atoms with Crippen molar-refractivity contribution in [3.63, 3.8) is 0 Å². The molecule has 1 N–H and O–H groups in total. The van der Waals surface area contributed by atoms with Gasteiger partial charge in [-0.25, -0.2) is 0 Å². The van der Waals surface area contributed by atoms with Crippen LogP contribution in [0.2, 0.25) is 13.1 Å². The molecule has 0 aliphatic heterocycles. The second-order valence-corrected chi connectivity index (χ2v) is 10.2. The molecule has 0 heterocycles. The van der Waals surface area contributed by atoms with Crippen molar-refractivity contribution in [2.75, 3.05) is 0 Å². The third-order valence-corrected chi connectivity index (χ3v) is 7.00. The predicted octanol–water partition coefficient (Wildman–Crippen LogP) is 3.36. The highest BCUT2D eigenvalue weighted by Crippen LogP contribution is 2.24. The Labute approximate surface area is 105 Å². The molecule has 1 nitrogen and oxygen atoms in total. The van der Waals surface area contributed by atoms with Gasteiger partial charge in [0, 0.05) is 5.73 Å². The summed E-state index contributed by atoms with van der Waals surface area (Å²) in [5.74, 6) is 0. The Hall–Kier alpha value is -0.863. The first-order valence-electron chi connectivity index (χ1n) is 6.52. The Kier molecular flexibility index (Phi) is 3.55. The van der Waals surface area contributed by atoms with Crippen molar-refractivity contribution in [1.29, 1.82) is 0 Å². The van der Waals surface area contributed by atoms with Crippen molar-refractivity contribution in [3.05, 3.63) is 40.6 Å². The van der Waals surface area contributed by atoms with Crippen molar-refractivity contribution >= 4 is 14.1 Å². The van der Waals surface area contributed by atoms with E-state index in [1.54, 1.807) is 0 Å². The molecule has 1 aliphatic carbocycles. The lowest BCUT2D eigenvalue weighted by Gasteiger charge is -2.24. The van der Waals surface area contributed by atoms with Crippen LogP contribution in [0.5, 0.6) is 0 Å². The van der Waals surface area contributed by atoms with Crippen LogP contribution in [0.3, 0.4) is 0 Å². The van der Waals surface area contributed by atoms with Crippen LogP contribution in [0.15, 0.2) is 23.9 Å². The van der Waals surface area contributed by atoms with Crippen LogP contribution in [-0.4, -0.2) is 18.9 Å². The van der Waals surface area contributed by atoms with Gasteiger partial charge in [-0.05, 0) is 36.0 Å². The number of aliphatic hydroxyl groups is 1. The Morgan fingerprint density at radius 1 is 1.29 bits per heavy atom. The Morgan fingerprint density at radius 2 is 2.00 bits per heavy atom. The average molecular weight is 246 g/mol. The standard InChI is InChI=1S/C15H22OSi/c1-4-15(16)17(2,3)10-9-12-5-6-13-7-8-14(13)11-12/h5-6,9-11,15-16H,4,7-8H2,1-3H3/b10-9+. The fraction of sp³-hybridized carbons (Fsp3) is 0.467. The van der Waals surface area contributed by atoms with E-state index < -0.39 is 8.07 Å². The lowest BCUT2D eigenvalue weighted by Crippen LogP contribution is -2.39. The first kappa shape index (κ1) is 12.6. The second kappa shape index (κ2) is 4.79. The highest BCUT2D eigenvalue weighted by molar-refractivity contribution is 6.83. The molecule has 2 heteroatoms. The summed E-state index contributed by atoms with van der Waals surface area (Å²) in [5.41, 5.74) is 6.43. The van der Waals surface area contributed by atoms with Gasteiger partial charge in [-0.15, -0.1) is 0 Å². The quantitative estimate of drug-likeness (QED) is 0.808. The molecule has 0 amide bonds. The summed E-state index contributed by atoms with van der Waals surface area (Å²) in [6.07, 6.45) is 5.53.